The number of para-hydroxylation sites is 1. The standard InChI is InChI=1S/C20H19N3O3S/c1-12-7-4-5-8-15(12)22-17(25)11-27-20-18(14(3)24)13(2)21-19(23-20)16-9-6-10-26-16/h4-10H,11H2,1-3H3,(H,22,25). The molecular formula is C20H19N3O3S. The average Bonchev–Trinajstić information content (AvgIpc) is 3.16. The SMILES string of the molecule is CC(=O)c1c(C)nc(-c2ccco2)nc1SCC(=O)Nc1ccccc1C. The van der Waals surface area contributed by atoms with E-state index in [2.05, 4.69) is 15.3 Å². The number of aryl methyl sites for hydroxylation is 2. The second-order valence-corrected chi connectivity index (χ2v) is 6.96. The minimum Gasteiger partial charge on any atom is -0.461 e. The van der Waals surface area contributed by atoms with Crippen molar-refractivity contribution in [2.45, 2.75) is 25.8 Å². The average molecular weight is 381 g/mol. The van der Waals surface area contributed by atoms with E-state index < -0.39 is 0 Å². The Morgan fingerprint density at radius 2 is 1.89 bits per heavy atom. The van der Waals surface area contributed by atoms with Gasteiger partial charge in [-0.3, -0.25) is 9.59 Å². The highest BCUT2D eigenvalue weighted by atomic mass is 32.2. The lowest BCUT2D eigenvalue weighted by molar-refractivity contribution is -0.113. The predicted molar refractivity (Wildman–Crippen MR) is 105 cm³/mol. The van der Waals surface area contributed by atoms with E-state index >= 15 is 0 Å². The van der Waals surface area contributed by atoms with Crippen LogP contribution in [0.5, 0.6) is 0 Å². The number of ketones is 1. The molecule has 0 spiro atoms. The molecule has 2 aromatic heterocycles. The van der Waals surface area contributed by atoms with Crippen LogP contribution in [0.1, 0.15) is 28.5 Å². The molecule has 3 aromatic rings. The molecular weight excluding hydrogens is 362 g/mol. The number of hydrogen-bond acceptors (Lipinski definition) is 6. The number of thioether (sulfide) groups is 1. The first-order chi connectivity index (χ1) is 13.0. The summed E-state index contributed by atoms with van der Waals surface area (Å²) in [5, 5.41) is 3.35. The summed E-state index contributed by atoms with van der Waals surface area (Å²) in [6.07, 6.45) is 1.54. The van der Waals surface area contributed by atoms with Crippen molar-refractivity contribution in [2.24, 2.45) is 0 Å². The van der Waals surface area contributed by atoms with E-state index in [9.17, 15) is 9.59 Å². The van der Waals surface area contributed by atoms with Crippen LogP contribution < -0.4 is 5.32 Å². The molecule has 0 aliphatic rings. The van der Waals surface area contributed by atoms with Gasteiger partial charge in [-0.2, -0.15) is 0 Å². The molecule has 0 bridgehead atoms. The lowest BCUT2D eigenvalue weighted by Gasteiger charge is -2.11. The third kappa shape index (κ3) is 4.43. The zero-order valence-electron chi connectivity index (χ0n) is 15.3. The first-order valence-corrected chi connectivity index (χ1v) is 9.36. The van der Waals surface area contributed by atoms with Gasteiger partial charge in [0.25, 0.3) is 0 Å². The summed E-state index contributed by atoms with van der Waals surface area (Å²) in [4.78, 5) is 33.2. The number of anilines is 1. The summed E-state index contributed by atoms with van der Waals surface area (Å²) in [5.74, 6) is 0.728. The molecule has 0 unspecified atom stereocenters. The summed E-state index contributed by atoms with van der Waals surface area (Å²) >= 11 is 1.21. The molecule has 138 valence electrons. The lowest BCUT2D eigenvalue weighted by Crippen LogP contribution is -2.15. The molecule has 0 saturated heterocycles. The number of carbonyl (C=O) groups is 2. The molecule has 2 heterocycles. The lowest BCUT2D eigenvalue weighted by atomic mass is 10.2. The largest absolute Gasteiger partial charge is 0.461 e. The minimum absolute atomic E-state index is 0.128. The van der Waals surface area contributed by atoms with E-state index in [0.717, 1.165) is 11.3 Å². The number of amides is 1. The predicted octanol–water partition coefficient (Wildman–Crippen LogP) is 4.29. The monoisotopic (exact) mass is 381 g/mol. The van der Waals surface area contributed by atoms with E-state index in [1.807, 2.05) is 31.2 Å². The fourth-order valence-electron chi connectivity index (χ4n) is 2.61. The van der Waals surface area contributed by atoms with Crippen molar-refractivity contribution in [3.63, 3.8) is 0 Å². The molecule has 0 atom stereocenters. The summed E-state index contributed by atoms with van der Waals surface area (Å²) in [6, 6.07) is 11.1. The van der Waals surface area contributed by atoms with Crippen LogP contribution in [-0.4, -0.2) is 27.4 Å². The maximum absolute atomic E-state index is 12.3. The van der Waals surface area contributed by atoms with Crippen LogP contribution in [0, 0.1) is 13.8 Å². The van der Waals surface area contributed by atoms with Gasteiger partial charge in [0.1, 0.15) is 5.03 Å². The fourth-order valence-corrected chi connectivity index (χ4v) is 3.53. The molecule has 0 saturated carbocycles. The van der Waals surface area contributed by atoms with Gasteiger partial charge in [-0.05, 0) is 44.5 Å². The van der Waals surface area contributed by atoms with Gasteiger partial charge in [-0.25, -0.2) is 9.97 Å². The van der Waals surface area contributed by atoms with Crippen molar-refractivity contribution >= 4 is 29.1 Å². The van der Waals surface area contributed by atoms with E-state index in [1.54, 1.807) is 19.1 Å². The summed E-state index contributed by atoms with van der Waals surface area (Å²) in [5.41, 5.74) is 2.74. The highest BCUT2D eigenvalue weighted by molar-refractivity contribution is 8.00. The number of nitrogens with one attached hydrogen (secondary N) is 1. The highest BCUT2D eigenvalue weighted by Gasteiger charge is 2.19. The number of furan rings is 1. The molecule has 1 N–H and O–H groups in total. The van der Waals surface area contributed by atoms with Gasteiger partial charge in [0, 0.05) is 5.69 Å². The molecule has 0 aliphatic carbocycles. The third-order valence-corrected chi connectivity index (χ3v) is 4.88. The normalized spacial score (nSPS) is 10.6. The third-order valence-electron chi connectivity index (χ3n) is 3.91. The van der Waals surface area contributed by atoms with Crippen molar-refractivity contribution < 1.29 is 14.0 Å². The second kappa shape index (κ2) is 8.18. The van der Waals surface area contributed by atoms with E-state index in [4.69, 9.17) is 4.42 Å². The number of Topliss-reactive ketones (excluding diaryl/α,β-unsaturated/α-hetero) is 1. The summed E-state index contributed by atoms with van der Waals surface area (Å²) in [7, 11) is 0. The van der Waals surface area contributed by atoms with Gasteiger partial charge < -0.3 is 9.73 Å². The maximum atomic E-state index is 12.3. The summed E-state index contributed by atoms with van der Waals surface area (Å²) < 4.78 is 5.35. The Kier molecular flexibility index (Phi) is 5.71. The zero-order valence-corrected chi connectivity index (χ0v) is 16.1. The number of rotatable bonds is 6. The van der Waals surface area contributed by atoms with Crippen LogP contribution >= 0.6 is 11.8 Å². The van der Waals surface area contributed by atoms with Crippen LogP contribution in [0.4, 0.5) is 5.69 Å². The molecule has 27 heavy (non-hydrogen) atoms. The quantitative estimate of drug-likeness (QED) is 0.389. The molecule has 0 aliphatic heterocycles. The number of carbonyl (C=O) groups excluding carboxylic acids is 2. The number of nitrogens with zero attached hydrogens (tertiary/aromatic N) is 2. The van der Waals surface area contributed by atoms with E-state index in [0.29, 0.717) is 27.9 Å². The Morgan fingerprint density at radius 3 is 2.56 bits per heavy atom. The molecule has 3 rings (SSSR count). The molecule has 7 heteroatoms. The Labute approximate surface area is 161 Å². The highest BCUT2D eigenvalue weighted by Crippen LogP contribution is 2.27. The Balaban J connectivity index is 1.81. The second-order valence-electron chi connectivity index (χ2n) is 6.00. The van der Waals surface area contributed by atoms with Crippen molar-refractivity contribution in [2.75, 3.05) is 11.1 Å². The zero-order chi connectivity index (χ0) is 19.4. The van der Waals surface area contributed by atoms with Gasteiger partial charge in [0.05, 0.1) is 23.3 Å². The van der Waals surface area contributed by atoms with E-state index in [-0.39, 0.29) is 17.4 Å². The smallest absolute Gasteiger partial charge is 0.234 e. The van der Waals surface area contributed by atoms with E-state index in [1.165, 1.54) is 24.9 Å². The number of aromatic nitrogens is 2. The first kappa shape index (κ1) is 18.8. The van der Waals surface area contributed by atoms with Crippen LogP contribution in [0.2, 0.25) is 0 Å². The Bertz CT molecular complexity index is 984. The molecule has 6 nitrogen and oxygen atoms in total. The van der Waals surface area contributed by atoms with Crippen LogP contribution in [0.3, 0.4) is 0 Å². The minimum atomic E-state index is -0.167. The van der Waals surface area contributed by atoms with Crippen molar-refractivity contribution in [3.8, 4) is 11.6 Å². The molecule has 0 fully saturated rings. The molecule has 1 aromatic carbocycles. The van der Waals surface area contributed by atoms with Crippen molar-refractivity contribution in [3.05, 3.63) is 59.5 Å². The number of hydrogen-bond donors (Lipinski definition) is 1. The van der Waals surface area contributed by atoms with Gasteiger partial charge in [-0.1, -0.05) is 30.0 Å². The Hall–Kier alpha value is -2.93. The molecule has 0 radical (unpaired) electrons. The van der Waals surface area contributed by atoms with Gasteiger partial charge >= 0.3 is 0 Å². The van der Waals surface area contributed by atoms with Gasteiger partial charge in [0.2, 0.25) is 5.91 Å². The van der Waals surface area contributed by atoms with Crippen LogP contribution in [0.25, 0.3) is 11.6 Å². The van der Waals surface area contributed by atoms with Crippen molar-refractivity contribution in [1.29, 1.82) is 0 Å². The van der Waals surface area contributed by atoms with Crippen LogP contribution in [0.15, 0.2) is 52.1 Å². The fraction of sp³-hybridized carbons (Fsp3) is 0.200. The first-order valence-electron chi connectivity index (χ1n) is 8.37. The van der Waals surface area contributed by atoms with Gasteiger partial charge in [-0.15, -0.1) is 0 Å². The molecule has 1 amide bonds. The topological polar surface area (TPSA) is 85.1 Å². The van der Waals surface area contributed by atoms with Gasteiger partial charge in [0.15, 0.2) is 17.4 Å². The van der Waals surface area contributed by atoms with Crippen LogP contribution in [-0.2, 0) is 4.79 Å². The maximum Gasteiger partial charge on any atom is 0.234 e. The van der Waals surface area contributed by atoms with Crippen molar-refractivity contribution in [1.82, 2.24) is 9.97 Å². The Morgan fingerprint density at radius 1 is 1.11 bits per heavy atom. The number of benzene rings is 1. The summed E-state index contributed by atoms with van der Waals surface area (Å²) in [6.45, 7) is 5.15.